The second-order valence-electron chi connectivity index (χ2n) is 3.82. The van der Waals surface area contributed by atoms with E-state index in [0.717, 1.165) is 18.2 Å². The largest absolute Gasteiger partial charge is 0.397 e. The zero-order valence-electron chi connectivity index (χ0n) is 10.1. The molecule has 0 aliphatic carbocycles. The van der Waals surface area contributed by atoms with E-state index < -0.39 is 14.9 Å². The van der Waals surface area contributed by atoms with E-state index in [1.54, 1.807) is 0 Å². The lowest BCUT2D eigenvalue weighted by Crippen LogP contribution is -2.15. The van der Waals surface area contributed by atoms with Crippen molar-refractivity contribution in [3.8, 4) is 0 Å². The van der Waals surface area contributed by atoms with Crippen molar-refractivity contribution in [3.63, 3.8) is 0 Å². The van der Waals surface area contributed by atoms with Crippen LogP contribution in [0.2, 0.25) is 0 Å². The fourth-order valence-corrected chi connectivity index (χ4v) is 2.70. The minimum absolute atomic E-state index is 0.194. The lowest BCUT2D eigenvalue weighted by Gasteiger charge is -2.09. The van der Waals surface area contributed by atoms with Gasteiger partial charge in [0.15, 0.2) is 0 Å². The predicted octanol–water partition coefficient (Wildman–Crippen LogP) is 1.37. The average molecular weight is 294 g/mol. The second kappa shape index (κ2) is 5.13. The van der Waals surface area contributed by atoms with Gasteiger partial charge in [-0.2, -0.15) is 0 Å². The van der Waals surface area contributed by atoms with Gasteiger partial charge < -0.3 is 5.73 Å². The summed E-state index contributed by atoms with van der Waals surface area (Å²) >= 11 is 0. The minimum atomic E-state index is -3.91. The highest BCUT2D eigenvalue weighted by atomic mass is 32.2. The molecule has 0 amide bonds. The number of pyridine rings is 1. The van der Waals surface area contributed by atoms with Gasteiger partial charge in [0.05, 0.1) is 16.3 Å². The Labute approximate surface area is 114 Å². The zero-order valence-corrected chi connectivity index (χ0v) is 10.9. The molecule has 0 saturated heterocycles. The molecule has 0 aliphatic heterocycles. The third-order valence-corrected chi connectivity index (χ3v) is 3.88. The minimum Gasteiger partial charge on any atom is -0.397 e. The Morgan fingerprint density at radius 2 is 1.85 bits per heavy atom. The maximum atomic E-state index is 12.1. The van der Waals surface area contributed by atoms with Crippen LogP contribution in [0.4, 0.5) is 17.1 Å². The summed E-state index contributed by atoms with van der Waals surface area (Å²) in [6, 6.07) is 6.12. The quantitative estimate of drug-likeness (QED) is 0.498. The standard InChI is InChI=1S/C11H10N4O4S/c12-10-7-9(15(16)17)1-2-11(10)20(18,19)14-8-3-5-13-6-4-8/h1-7H,12H2,(H,13,14). The van der Waals surface area contributed by atoms with Crippen molar-refractivity contribution in [2.75, 3.05) is 10.5 Å². The van der Waals surface area contributed by atoms with Crippen molar-refractivity contribution in [2.45, 2.75) is 4.90 Å². The van der Waals surface area contributed by atoms with E-state index in [2.05, 4.69) is 9.71 Å². The van der Waals surface area contributed by atoms with Crippen LogP contribution in [0.25, 0.3) is 0 Å². The summed E-state index contributed by atoms with van der Waals surface area (Å²) in [5, 5.41) is 10.6. The summed E-state index contributed by atoms with van der Waals surface area (Å²) in [4.78, 5) is 13.5. The lowest BCUT2D eigenvalue weighted by molar-refractivity contribution is -0.384. The first-order valence-corrected chi connectivity index (χ1v) is 6.85. The normalized spacial score (nSPS) is 11.0. The van der Waals surface area contributed by atoms with Crippen LogP contribution >= 0.6 is 0 Å². The molecule has 1 aromatic carbocycles. The van der Waals surface area contributed by atoms with Crippen molar-refractivity contribution in [1.29, 1.82) is 0 Å². The maximum absolute atomic E-state index is 12.1. The molecular formula is C11H10N4O4S. The molecule has 2 aromatic rings. The smallest absolute Gasteiger partial charge is 0.271 e. The van der Waals surface area contributed by atoms with Crippen LogP contribution in [0.5, 0.6) is 0 Å². The molecule has 8 nitrogen and oxygen atoms in total. The molecule has 0 atom stereocenters. The molecule has 20 heavy (non-hydrogen) atoms. The van der Waals surface area contributed by atoms with Gasteiger partial charge in [-0.1, -0.05) is 0 Å². The fraction of sp³-hybridized carbons (Fsp3) is 0. The van der Waals surface area contributed by atoms with Gasteiger partial charge in [0, 0.05) is 24.5 Å². The summed E-state index contributed by atoms with van der Waals surface area (Å²) in [7, 11) is -3.91. The van der Waals surface area contributed by atoms with Crippen molar-refractivity contribution in [3.05, 3.63) is 52.8 Å². The van der Waals surface area contributed by atoms with Gasteiger partial charge in [0.2, 0.25) is 0 Å². The van der Waals surface area contributed by atoms with Gasteiger partial charge in [0.25, 0.3) is 15.7 Å². The van der Waals surface area contributed by atoms with E-state index in [-0.39, 0.29) is 16.3 Å². The SMILES string of the molecule is Nc1cc([N+](=O)[O-])ccc1S(=O)(=O)Nc1ccncc1. The molecule has 1 aromatic heterocycles. The van der Waals surface area contributed by atoms with Crippen LogP contribution in [0.3, 0.4) is 0 Å². The van der Waals surface area contributed by atoms with E-state index in [0.29, 0.717) is 5.69 Å². The Bertz CT molecular complexity index is 746. The highest BCUT2D eigenvalue weighted by Crippen LogP contribution is 2.25. The molecule has 0 unspecified atom stereocenters. The maximum Gasteiger partial charge on any atom is 0.271 e. The summed E-state index contributed by atoms with van der Waals surface area (Å²) in [6.07, 6.45) is 2.86. The van der Waals surface area contributed by atoms with Crippen LogP contribution in [0.15, 0.2) is 47.6 Å². The summed E-state index contributed by atoms with van der Waals surface area (Å²) in [5.74, 6) is 0. The molecule has 3 N–H and O–H groups in total. The first kappa shape index (κ1) is 13.7. The predicted molar refractivity (Wildman–Crippen MR) is 72.6 cm³/mol. The van der Waals surface area contributed by atoms with Gasteiger partial charge >= 0.3 is 0 Å². The summed E-state index contributed by atoms with van der Waals surface area (Å²) in [6.45, 7) is 0. The molecule has 1 heterocycles. The highest BCUT2D eigenvalue weighted by Gasteiger charge is 2.20. The molecule has 0 aliphatic rings. The van der Waals surface area contributed by atoms with Crippen molar-refractivity contribution < 1.29 is 13.3 Å². The molecule has 9 heteroatoms. The average Bonchev–Trinajstić information content (AvgIpc) is 2.38. The van der Waals surface area contributed by atoms with E-state index in [1.165, 1.54) is 24.5 Å². The fourth-order valence-electron chi connectivity index (χ4n) is 1.52. The van der Waals surface area contributed by atoms with Crippen LogP contribution in [0.1, 0.15) is 0 Å². The van der Waals surface area contributed by atoms with Crippen LogP contribution in [0, 0.1) is 10.1 Å². The Balaban J connectivity index is 2.37. The number of aromatic nitrogens is 1. The number of benzene rings is 1. The Morgan fingerprint density at radius 3 is 2.40 bits per heavy atom. The van der Waals surface area contributed by atoms with Crippen molar-refractivity contribution >= 4 is 27.1 Å². The van der Waals surface area contributed by atoms with Crippen LogP contribution in [-0.4, -0.2) is 18.3 Å². The number of rotatable bonds is 4. The van der Waals surface area contributed by atoms with Gasteiger partial charge in [-0.15, -0.1) is 0 Å². The van der Waals surface area contributed by atoms with Gasteiger partial charge in [-0.05, 0) is 18.2 Å². The molecule has 104 valence electrons. The van der Waals surface area contributed by atoms with Crippen molar-refractivity contribution in [2.24, 2.45) is 0 Å². The summed E-state index contributed by atoms with van der Waals surface area (Å²) in [5.41, 5.74) is 5.41. The Morgan fingerprint density at radius 1 is 1.20 bits per heavy atom. The number of anilines is 2. The molecule has 0 saturated carbocycles. The molecule has 2 rings (SSSR count). The second-order valence-corrected chi connectivity index (χ2v) is 5.47. The third-order valence-electron chi connectivity index (χ3n) is 2.43. The first-order chi connectivity index (χ1) is 9.40. The van der Waals surface area contributed by atoms with Gasteiger partial charge in [-0.3, -0.25) is 19.8 Å². The third kappa shape index (κ3) is 2.83. The summed E-state index contributed by atoms with van der Waals surface area (Å²) < 4.78 is 26.6. The Hall–Kier alpha value is -2.68. The van der Waals surface area contributed by atoms with E-state index in [1.807, 2.05) is 0 Å². The van der Waals surface area contributed by atoms with E-state index >= 15 is 0 Å². The first-order valence-electron chi connectivity index (χ1n) is 5.37. The van der Waals surface area contributed by atoms with Crippen molar-refractivity contribution in [1.82, 2.24) is 4.98 Å². The topological polar surface area (TPSA) is 128 Å². The number of nitrogens with one attached hydrogen (secondary N) is 1. The van der Waals surface area contributed by atoms with Gasteiger partial charge in [-0.25, -0.2) is 8.42 Å². The number of nitrogens with two attached hydrogens (primary N) is 1. The molecule has 0 bridgehead atoms. The molecular weight excluding hydrogens is 284 g/mol. The molecule has 0 spiro atoms. The number of sulfonamides is 1. The zero-order chi connectivity index (χ0) is 14.8. The number of hydrogen-bond donors (Lipinski definition) is 2. The van der Waals surface area contributed by atoms with Crippen LogP contribution < -0.4 is 10.5 Å². The van der Waals surface area contributed by atoms with Gasteiger partial charge in [0.1, 0.15) is 4.90 Å². The number of hydrogen-bond acceptors (Lipinski definition) is 6. The highest BCUT2D eigenvalue weighted by molar-refractivity contribution is 7.92. The molecule has 0 fully saturated rings. The lowest BCUT2D eigenvalue weighted by atomic mass is 10.3. The van der Waals surface area contributed by atoms with E-state index in [9.17, 15) is 18.5 Å². The van der Waals surface area contributed by atoms with E-state index in [4.69, 9.17) is 5.73 Å². The monoisotopic (exact) mass is 294 g/mol. The molecule has 0 radical (unpaired) electrons. The van der Waals surface area contributed by atoms with Crippen LogP contribution in [-0.2, 0) is 10.0 Å². The number of nitro groups is 1. The number of nitro benzene ring substituents is 1. The number of nitrogens with zero attached hydrogens (tertiary/aromatic N) is 2. The number of non-ortho nitro benzene ring substituents is 1. The Kier molecular flexibility index (Phi) is 3.53. The number of nitrogen functional groups attached to an aromatic ring is 1.